The van der Waals surface area contributed by atoms with E-state index in [2.05, 4.69) is 0 Å². The van der Waals surface area contributed by atoms with Crippen molar-refractivity contribution in [3.63, 3.8) is 0 Å². The van der Waals surface area contributed by atoms with Crippen LogP contribution in [0.4, 0.5) is 10.1 Å². The second-order valence-corrected chi connectivity index (χ2v) is 8.79. The van der Waals surface area contributed by atoms with E-state index in [0.29, 0.717) is 17.7 Å². The van der Waals surface area contributed by atoms with Gasteiger partial charge in [0, 0.05) is 5.56 Å². The van der Waals surface area contributed by atoms with Crippen LogP contribution >= 0.6 is 0 Å². The number of sulfonamides is 1. The fourth-order valence-electron chi connectivity index (χ4n) is 3.82. The molecule has 3 aromatic rings. The van der Waals surface area contributed by atoms with E-state index in [1.807, 2.05) is 26.0 Å². The molecule has 0 saturated heterocycles. The van der Waals surface area contributed by atoms with Crippen LogP contribution < -0.4 is 4.31 Å². The van der Waals surface area contributed by atoms with Crippen LogP contribution in [0.3, 0.4) is 0 Å². The van der Waals surface area contributed by atoms with Gasteiger partial charge in [-0.3, -0.25) is 4.31 Å². The minimum Gasteiger partial charge on any atom is -0.508 e. The Balaban J connectivity index is 2.00. The molecule has 6 heteroatoms. The zero-order valence-electron chi connectivity index (χ0n) is 15.6. The topological polar surface area (TPSA) is 57.6 Å². The van der Waals surface area contributed by atoms with Gasteiger partial charge in [-0.05, 0) is 73.0 Å². The number of hydrogen-bond donors (Lipinski definition) is 1. The highest BCUT2D eigenvalue weighted by molar-refractivity contribution is 7.92. The summed E-state index contributed by atoms with van der Waals surface area (Å²) in [5.41, 5.74) is 3.84. The highest BCUT2D eigenvalue weighted by Gasteiger charge is 2.38. The highest BCUT2D eigenvalue weighted by Crippen LogP contribution is 2.48. The molecule has 0 saturated carbocycles. The first-order chi connectivity index (χ1) is 13.3. The van der Waals surface area contributed by atoms with E-state index in [-0.39, 0.29) is 10.6 Å². The van der Waals surface area contributed by atoms with Crippen molar-refractivity contribution in [2.24, 2.45) is 0 Å². The number of aromatic hydroxyl groups is 1. The molecule has 3 aromatic carbocycles. The molecule has 0 spiro atoms. The van der Waals surface area contributed by atoms with Crippen molar-refractivity contribution in [2.75, 3.05) is 4.31 Å². The van der Waals surface area contributed by atoms with Crippen molar-refractivity contribution >= 4 is 15.7 Å². The number of fused-ring (bicyclic) bond motifs is 3. The van der Waals surface area contributed by atoms with Gasteiger partial charge in [-0.25, -0.2) is 12.8 Å². The number of anilines is 1. The first-order valence-corrected chi connectivity index (χ1v) is 10.5. The SMILES string of the molecule is CCC1c2cc(F)ccc2-c2cc(C)ccc2N1S(=O)(=O)c1ccc(O)cc1. The van der Waals surface area contributed by atoms with E-state index in [4.69, 9.17) is 0 Å². The number of benzene rings is 3. The van der Waals surface area contributed by atoms with Gasteiger partial charge in [0.2, 0.25) is 0 Å². The fraction of sp³-hybridized carbons (Fsp3) is 0.182. The lowest BCUT2D eigenvalue weighted by Crippen LogP contribution is -2.37. The summed E-state index contributed by atoms with van der Waals surface area (Å²) in [7, 11) is -3.92. The molecule has 144 valence electrons. The molecule has 0 bridgehead atoms. The van der Waals surface area contributed by atoms with Gasteiger partial charge in [-0.15, -0.1) is 0 Å². The zero-order valence-corrected chi connectivity index (χ0v) is 16.4. The molecular formula is C22H20FNO3S. The minimum absolute atomic E-state index is 0.00641. The molecule has 0 aliphatic carbocycles. The zero-order chi connectivity index (χ0) is 20.1. The summed E-state index contributed by atoms with van der Waals surface area (Å²) < 4.78 is 42.6. The molecule has 0 fully saturated rings. The third-order valence-corrected chi connectivity index (χ3v) is 6.95. The monoisotopic (exact) mass is 397 g/mol. The molecule has 1 heterocycles. The Kier molecular flexibility index (Phi) is 4.38. The predicted octanol–water partition coefficient (Wildman–Crippen LogP) is 5.17. The Labute approximate surface area is 163 Å². The fourth-order valence-corrected chi connectivity index (χ4v) is 5.54. The lowest BCUT2D eigenvalue weighted by molar-refractivity contribution is 0.474. The largest absolute Gasteiger partial charge is 0.508 e. The summed E-state index contributed by atoms with van der Waals surface area (Å²) in [6.07, 6.45) is 0.487. The first-order valence-electron chi connectivity index (χ1n) is 9.07. The summed E-state index contributed by atoms with van der Waals surface area (Å²) in [4.78, 5) is 0.0788. The third-order valence-electron chi connectivity index (χ3n) is 5.12. The Hall–Kier alpha value is -2.86. The standard InChI is InChI=1S/C22H20FNO3S/c1-3-21-20-13-15(23)5-10-18(20)19-12-14(2)4-11-22(19)24(21)28(26,27)17-8-6-16(25)7-9-17/h4-13,21,25H,3H2,1-2H3. The second-order valence-electron chi connectivity index (χ2n) is 6.97. The summed E-state index contributed by atoms with van der Waals surface area (Å²) in [6, 6.07) is 15.1. The summed E-state index contributed by atoms with van der Waals surface area (Å²) in [6.45, 7) is 3.83. The summed E-state index contributed by atoms with van der Waals surface area (Å²) >= 11 is 0. The molecule has 1 N–H and O–H groups in total. The van der Waals surface area contributed by atoms with Gasteiger partial charge < -0.3 is 5.11 Å². The molecule has 1 aliphatic heterocycles. The first kappa shape index (κ1) is 18.5. The molecule has 4 rings (SSSR count). The van der Waals surface area contributed by atoms with Gasteiger partial charge in [0.05, 0.1) is 16.6 Å². The Bertz CT molecular complexity index is 1160. The van der Waals surface area contributed by atoms with Crippen LogP contribution in [-0.4, -0.2) is 13.5 Å². The van der Waals surface area contributed by atoms with E-state index in [9.17, 15) is 17.9 Å². The van der Waals surface area contributed by atoms with E-state index in [1.54, 1.807) is 12.1 Å². The molecule has 4 nitrogen and oxygen atoms in total. The lowest BCUT2D eigenvalue weighted by atomic mass is 9.88. The third kappa shape index (κ3) is 2.85. The molecule has 1 aliphatic rings. The van der Waals surface area contributed by atoms with Gasteiger partial charge in [0.1, 0.15) is 11.6 Å². The van der Waals surface area contributed by atoms with Gasteiger partial charge in [0.15, 0.2) is 0 Å². The van der Waals surface area contributed by atoms with E-state index < -0.39 is 21.9 Å². The summed E-state index contributed by atoms with van der Waals surface area (Å²) in [5, 5.41) is 9.53. The molecule has 1 atom stereocenters. The van der Waals surface area contributed by atoms with Crippen molar-refractivity contribution in [1.82, 2.24) is 0 Å². The quantitative estimate of drug-likeness (QED) is 0.664. The average Bonchev–Trinajstić information content (AvgIpc) is 2.67. The van der Waals surface area contributed by atoms with E-state index in [0.717, 1.165) is 16.7 Å². The van der Waals surface area contributed by atoms with Gasteiger partial charge in [-0.1, -0.05) is 24.6 Å². The van der Waals surface area contributed by atoms with Crippen molar-refractivity contribution in [2.45, 2.75) is 31.2 Å². The summed E-state index contributed by atoms with van der Waals surface area (Å²) in [5.74, 6) is -0.400. The van der Waals surface area contributed by atoms with Crippen LogP contribution in [0.15, 0.2) is 65.6 Å². The maximum Gasteiger partial charge on any atom is 0.264 e. The Morgan fingerprint density at radius 1 is 1.00 bits per heavy atom. The number of phenolic OH excluding ortho intramolecular Hbond substituents is 1. The van der Waals surface area contributed by atoms with Crippen molar-refractivity contribution < 1.29 is 17.9 Å². The number of nitrogens with zero attached hydrogens (tertiary/aromatic N) is 1. The van der Waals surface area contributed by atoms with E-state index >= 15 is 0 Å². The van der Waals surface area contributed by atoms with Crippen molar-refractivity contribution in [3.05, 3.63) is 77.6 Å². The predicted molar refractivity (Wildman–Crippen MR) is 107 cm³/mol. The van der Waals surface area contributed by atoms with Crippen molar-refractivity contribution in [3.8, 4) is 16.9 Å². The molecule has 28 heavy (non-hydrogen) atoms. The molecule has 0 aromatic heterocycles. The van der Waals surface area contributed by atoms with Gasteiger partial charge in [-0.2, -0.15) is 0 Å². The van der Waals surface area contributed by atoms with Crippen molar-refractivity contribution in [1.29, 1.82) is 0 Å². The van der Waals surface area contributed by atoms with E-state index in [1.165, 1.54) is 40.7 Å². The molecule has 1 unspecified atom stereocenters. The highest BCUT2D eigenvalue weighted by atomic mass is 32.2. The molecule has 0 amide bonds. The normalized spacial score (nSPS) is 15.8. The number of phenols is 1. The Morgan fingerprint density at radius 2 is 1.71 bits per heavy atom. The smallest absolute Gasteiger partial charge is 0.264 e. The Morgan fingerprint density at radius 3 is 2.39 bits per heavy atom. The van der Waals surface area contributed by atoms with Crippen LogP contribution in [0.25, 0.3) is 11.1 Å². The van der Waals surface area contributed by atoms with Crippen LogP contribution in [-0.2, 0) is 10.0 Å². The molecule has 0 radical (unpaired) electrons. The average molecular weight is 397 g/mol. The van der Waals surface area contributed by atoms with Crippen LogP contribution in [0, 0.1) is 12.7 Å². The maximum absolute atomic E-state index is 14.1. The number of hydrogen-bond acceptors (Lipinski definition) is 3. The minimum atomic E-state index is -3.92. The van der Waals surface area contributed by atoms with Crippen LogP contribution in [0.1, 0.15) is 30.5 Å². The number of halogens is 1. The van der Waals surface area contributed by atoms with Gasteiger partial charge >= 0.3 is 0 Å². The second kappa shape index (κ2) is 6.63. The maximum atomic E-state index is 14.1. The number of aryl methyl sites for hydroxylation is 1. The lowest BCUT2D eigenvalue weighted by Gasteiger charge is -2.39. The van der Waals surface area contributed by atoms with Crippen LogP contribution in [0.2, 0.25) is 0 Å². The number of rotatable bonds is 3. The van der Waals surface area contributed by atoms with Gasteiger partial charge in [0.25, 0.3) is 10.0 Å². The van der Waals surface area contributed by atoms with Crippen LogP contribution in [0.5, 0.6) is 5.75 Å². The molecular weight excluding hydrogens is 377 g/mol.